The fraction of sp³-hybridized carbons (Fsp3) is 0.450. The van der Waals surface area contributed by atoms with Crippen molar-refractivity contribution < 1.29 is 19.4 Å². The summed E-state index contributed by atoms with van der Waals surface area (Å²) in [6.45, 7) is 4.79. The van der Waals surface area contributed by atoms with Crippen molar-refractivity contribution in [3.63, 3.8) is 0 Å². The molecule has 2 aliphatic rings. The quantitative estimate of drug-likeness (QED) is 0.695. The minimum absolute atomic E-state index is 0.124. The van der Waals surface area contributed by atoms with Gasteiger partial charge in [0.2, 0.25) is 0 Å². The molecule has 4 N–H and O–H groups in total. The Labute approximate surface area is 163 Å². The number of furan rings is 1. The second-order valence-electron chi connectivity index (χ2n) is 6.85. The lowest BCUT2D eigenvalue weighted by molar-refractivity contribution is -0.132. The first-order valence-electron chi connectivity index (χ1n) is 8.89. The minimum atomic E-state index is -1.79. The molecular weight excluding hydrogens is 360 g/mol. The molecular formula is C20H24N4O4. The first-order valence-corrected chi connectivity index (χ1v) is 8.89. The highest BCUT2D eigenvalue weighted by Crippen LogP contribution is 2.54. The molecule has 1 aliphatic heterocycles. The van der Waals surface area contributed by atoms with E-state index < -0.39 is 17.3 Å². The number of fused-ring (bicyclic) bond motifs is 1. The number of likely N-dealkylation sites (N-methyl/N-ethyl adjacent to an activating group) is 1. The van der Waals surface area contributed by atoms with E-state index in [9.17, 15) is 20.4 Å². The summed E-state index contributed by atoms with van der Waals surface area (Å²) in [6, 6.07) is 7.48. The van der Waals surface area contributed by atoms with Crippen molar-refractivity contribution >= 4 is 5.97 Å². The molecule has 2 heterocycles. The van der Waals surface area contributed by atoms with Crippen LogP contribution in [0.4, 0.5) is 0 Å². The number of hydrogen-bond donors (Lipinski definition) is 3. The number of carboxylic acids is 1. The summed E-state index contributed by atoms with van der Waals surface area (Å²) in [5.41, 5.74) is 4.56. The van der Waals surface area contributed by atoms with Crippen molar-refractivity contribution in [1.29, 1.82) is 10.5 Å². The average Bonchev–Trinajstić information content (AvgIpc) is 3.07. The molecule has 8 nitrogen and oxygen atoms in total. The summed E-state index contributed by atoms with van der Waals surface area (Å²) >= 11 is 0. The van der Waals surface area contributed by atoms with Crippen molar-refractivity contribution in [3.8, 4) is 12.1 Å². The number of aliphatic hydroxyl groups excluding tert-OH is 1. The van der Waals surface area contributed by atoms with Crippen LogP contribution in [0.25, 0.3) is 0 Å². The predicted octanol–water partition coefficient (Wildman–Crippen LogP) is 1.50. The van der Waals surface area contributed by atoms with Crippen molar-refractivity contribution in [2.45, 2.75) is 19.8 Å². The lowest BCUT2D eigenvalue weighted by atomic mass is 9.59. The van der Waals surface area contributed by atoms with Crippen LogP contribution >= 0.6 is 0 Å². The number of aliphatic carboxylic acids is 1. The Balaban J connectivity index is 0.000000878. The van der Waals surface area contributed by atoms with E-state index in [0.717, 1.165) is 0 Å². The van der Waals surface area contributed by atoms with Gasteiger partial charge in [-0.25, -0.2) is 4.79 Å². The summed E-state index contributed by atoms with van der Waals surface area (Å²) < 4.78 is 5.74. The molecule has 1 aromatic rings. The molecule has 148 valence electrons. The van der Waals surface area contributed by atoms with Gasteiger partial charge in [0.15, 0.2) is 5.41 Å². The van der Waals surface area contributed by atoms with Crippen molar-refractivity contribution in [3.05, 3.63) is 46.6 Å². The molecule has 3 rings (SSSR count). The van der Waals surface area contributed by atoms with Gasteiger partial charge in [-0.3, -0.25) is 0 Å². The molecule has 0 unspecified atom stereocenters. The molecule has 0 amide bonds. The Morgan fingerprint density at radius 3 is 2.50 bits per heavy atom. The first kappa shape index (κ1) is 21.2. The summed E-state index contributed by atoms with van der Waals surface area (Å²) in [7, 11) is 1.90. The van der Waals surface area contributed by atoms with E-state index in [1.165, 1.54) is 0 Å². The van der Waals surface area contributed by atoms with Crippen molar-refractivity contribution in [2.75, 3.05) is 26.7 Å². The van der Waals surface area contributed by atoms with Crippen LogP contribution in [0.15, 0.2) is 39.5 Å². The summed E-state index contributed by atoms with van der Waals surface area (Å²) in [6.07, 6.45) is 1.81. The molecule has 0 spiro atoms. The molecule has 28 heavy (non-hydrogen) atoms. The van der Waals surface area contributed by atoms with Crippen LogP contribution in [-0.4, -0.2) is 47.8 Å². The highest BCUT2D eigenvalue weighted by Gasteiger charge is 2.56. The topological polar surface area (TPSA) is 148 Å². The van der Waals surface area contributed by atoms with Gasteiger partial charge in [0, 0.05) is 25.6 Å². The Morgan fingerprint density at radius 1 is 1.43 bits per heavy atom. The number of aliphatic hydroxyl groups is 1. The Hall–Kier alpha value is -3.07. The number of rotatable bonds is 2. The molecule has 2 atom stereocenters. The smallest absolute Gasteiger partial charge is 0.337 e. The summed E-state index contributed by atoms with van der Waals surface area (Å²) in [4.78, 5) is 13.8. The molecule has 1 aromatic heterocycles. The van der Waals surface area contributed by atoms with Crippen molar-refractivity contribution in [1.82, 2.24) is 4.90 Å². The van der Waals surface area contributed by atoms with Gasteiger partial charge in [-0.15, -0.1) is 0 Å². The predicted molar refractivity (Wildman–Crippen MR) is 101 cm³/mol. The monoisotopic (exact) mass is 384 g/mol. The number of carboxylic acid groups (broad SMARTS) is 1. The number of aryl methyl sites for hydroxylation is 1. The Morgan fingerprint density at radius 2 is 2.04 bits per heavy atom. The number of nitriles is 2. The highest BCUT2D eigenvalue weighted by atomic mass is 16.4. The first-order chi connectivity index (χ1) is 13.3. The molecule has 0 bridgehead atoms. The van der Waals surface area contributed by atoms with E-state index in [2.05, 4.69) is 0 Å². The van der Waals surface area contributed by atoms with E-state index in [0.29, 0.717) is 30.2 Å². The van der Waals surface area contributed by atoms with E-state index in [1.54, 1.807) is 26.0 Å². The molecule has 8 heteroatoms. The maximum atomic E-state index is 11.8. The number of nitrogens with two attached hydrogens (primary N) is 1. The van der Waals surface area contributed by atoms with Crippen LogP contribution in [0.2, 0.25) is 0 Å². The zero-order valence-electron chi connectivity index (χ0n) is 16.1. The van der Waals surface area contributed by atoms with Crippen molar-refractivity contribution in [2.24, 2.45) is 17.1 Å². The minimum Gasteiger partial charge on any atom is -0.478 e. The zero-order valence-corrected chi connectivity index (χ0v) is 16.1. The molecule has 0 saturated carbocycles. The number of nitrogens with zero attached hydrogens (tertiary/aromatic N) is 3. The lowest BCUT2D eigenvalue weighted by Crippen LogP contribution is -2.48. The lowest BCUT2D eigenvalue weighted by Gasteiger charge is -2.44. The molecule has 0 radical (unpaired) electrons. The maximum absolute atomic E-state index is 11.8. The van der Waals surface area contributed by atoms with Gasteiger partial charge in [0.1, 0.15) is 11.5 Å². The highest BCUT2D eigenvalue weighted by molar-refractivity contribution is 5.94. The second kappa shape index (κ2) is 8.30. The third kappa shape index (κ3) is 3.40. The normalized spacial score (nSPS) is 23.4. The molecule has 0 fully saturated rings. The SMILES string of the molecule is CCO.Cc1ccc([C@H]2[C@@H]3CN(C)CC=C3C(C(=O)O)=C(N)C2(C#N)C#N)o1. The average molecular weight is 384 g/mol. The van der Waals surface area contributed by atoms with Crippen LogP contribution in [-0.2, 0) is 4.79 Å². The van der Waals surface area contributed by atoms with Gasteiger partial charge < -0.3 is 25.3 Å². The van der Waals surface area contributed by atoms with Gasteiger partial charge in [-0.1, -0.05) is 6.08 Å². The standard InChI is InChI=1S/C18H18N4O3.C2H6O/c1-10-3-4-13(25-10)15-12-7-22(2)6-5-11(12)14(17(23)24)16(21)18(15,8-19)9-20;1-2-3/h3-5,12,15H,6-7,21H2,1-2H3,(H,23,24);3H,2H2,1H3/t12-,15-;/m1./s1. The third-order valence-electron chi connectivity index (χ3n) is 5.02. The van der Waals surface area contributed by atoms with E-state index in [4.69, 9.17) is 15.3 Å². The largest absolute Gasteiger partial charge is 0.478 e. The Kier molecular flexibility index (Phi) is 6.30. The Bertz CT molecular complexity index is 886. The van der Waals surface area contributed by atoms with E-state index in [-0.39, 0.29) is 23.8 Å². The zero-order chi connectivity index (χ0) is 21.1. The van der Waals surface area contributed by atoms with Crippen LogP contribution in [0, 0.1) is 40.9 Å². The van der Waals surface area contributed by atoms with Gasteiger partial charge in [-0.2, -0.15) is 10.5 Å². The summed E-state index contributed by atoms with van der Waals surface area (Å²) in [5.74, 6) is -1.14. The van der Waals surface area contributed by atoms with Gasteiger partial charge in [-0.05, 0) is 38.6 Å². The van der Waals surface area contributed by atoms with Gasteiger partial charge in [0.05, 0.1) is 29.3 Å². The van der Waals surface area contributed by atoms with Gasteiger partial charge in [0.25, 0.3) is 0 Å². The third-order valence-corrected chi connectivity index (χ3v) is 5.02. The fourth-order valence-corrected chi connectivity index (χ4v) is 3.86. The van der Waals surface area contributed by atoms with Crippen LogP contribution < -0.4 is 5.73 Å². The van der Waals surface area contributed by atoms with Crippen LogP contribution in [0.3, 0.4) is 0 Å². The second-order valence-corrected chi connectivity index (χ2v) is 6.85. The summed E-state index contributed by atoms with van der Waals surface area (Å²) in [5, 5.41) is 36.9. The van der Waals surface area contributed by atoms with E-state index in [1.807, 2.05) is 30.2 Å². The number of hydrogen-bond acceptors (Lipinski definition) is 7. The maximum Gasteiger partial charge on any atom is 0.337 e. The van der Waals surface area contributed by atoms with Crippen LogP contribution in [0.1, 0.15) is 24.4 Å². The fourth-order valence-electron chi connectivity index (χ4n) is 3.86. The van der Waals surface area contributed by atoms with Gasteiger partial charge >= 0.3 is 5.97 Å². The van der Waals surface area contributed by atoms with E-state index >= 15 is 0 Å². The molecule has 0 aromatic carbocycles. The molecule has 1 aliphatic carbocycles. The number of carbonyl (C=O) groups is 1. The number of allylic oxidation sites excluding steroid dienone is 1. The molecule has 0 saturated heterocycles. The van der Waals surface area contributed by atoms with Crippen LogP contribution in [0.5, 0.6) is 0 Å².